The maximum atomic E-state index is 13.0. The average Bonchev–Trinajstić information content (AvgIpc) is 3.12. The number of benzene rings is 1. The lowest BCUT2D eigenvalue weighted by atomic mass is 10.1. The molecule has 0 aliphatic carbocycles. The number of rotatable bonds is 6. The van der Waals surface area contributed by atoms with E-state index in [-0.39, 0.29) is 28.4 Å². The van der Waals surface area contributed by atoms with E-state index in [0.717, 1.165) is 19.3 Å². The van der Waals surface area contributed by atoms with Gasteiger partial charge in [0.15, 0.2) is 0 Å². The minimum Gasteiger partial charge on any atom is -0.465 e. The van der Waals surface area contributed by atoms with Crippen molar-refractivity contribution in [1.82, 2.24) is 4.31 Å². The zero-order valence-electron chi connectivity index (χ0n) is 17.3. The van der Waals surface area contributed by atoms with Gasteiger partial charge in [0.25, 0.3) is 0 Å². The van der Waals surface area contributed by atoms with Crippen LogP contribution in [0.25, 0.3) is 0 Å². The summed E-state index contributed by atoms with van der Waals surface area (Å²) in [5.74, 6) is -0.577. The van der Waals surface area contributed by atoms with Crippen molar-refractivity contribution < 1.29 is 31.9 Å². The number of sulfonamides is 1. The molecule has 0 unspecified atom stereocenters. The highest BCUT2D eigenvalue weighted by atomic mass is 32.2. The number of hydrogen-bond acceptors (Lipinski definition) is 7. The molecule has 30 heavy (non-hydrogen) atoms. The second-order valence-electron chi connectivity index (χ2n) is 7.20. The summed E-state index contributed by atoms with van der Waals surface area (Å²) in [6.07, 6.45) is 2.67. The molecule has 0 radical (unpaired) electrons. The first-order valence-electron chi connectivity index (χ1n) is 9.69. The molecule has 2 aromatic rings. The Balaban J connectivity index is 1.76. The summed E-state index contributed by atoms with van der Waals surface area (Å²) < 4.78 is 42.8. The number of carbonyl (C=O) groups excluding carboxylic acids is 2. The fourth-order valence-corrected chi connectivity index (χ4v) is 5.16. The van der Waals surface area contributed by atoms with Crippen molar-refractivity contribution in [3.8, 4) is 0 Å². The summed E-state index contributed by atoms with van der Waals surface area (Å²) in [6.45, 7) is 4.08. The molecule has 0 amide bonds. The third-order valence-corrected chi connectivity index (χ3v) is 7.12. The average molecular weight is 435 g/mol. The standard InChI is InChI=1S/C21H25NO7S/c1-14-7-8-16(11-19(14)30(25,26)22-9-5-4-6-10-22)20(23)28-13-17-12-18(15(2)29-17)21(24)27-3/h7-8,11-12H,4-6,9-10,13H2,1-3H3. The Morgan fingerprint density at radius 1 is 1.07 bits per heavy atom. The Morgan fingerprint density at radius 2 is 1.77 bits per heavy atom. The number of esters is 2. The van der Waals surface area contributed by atoms with Gasteiger partial charge >= 0.3 is 11.9 Å². The van der Waals surface area contributed by atoms with E-state index in [2.05, 4.69) is 4.74 Å². The molecule has 1 aliphatic heterocycles. The van der Waals surface area contributed by atoms with Crippen molar-refractivity contribution in [2.24, 2.45) is 0 Å². The number of nitrogens with zero attached hydrogens (tertiary/aromatic N) is 1. The van der Waals surface area contributed by atoms with E-state index < -0.39 is 22.0 Å². The van der Waals surface area contributed by atoms with Crippen molar-refractivity contribution in [3.63, 3.8) is 0 Å². The smallest absolute Gasteiger partial charge is 0.341 e. The Morgan fingerprint density at radius 3 is 2.43 bits per heavy atom. The second-order valence-corrected chi connectivity index (χ2v) is 9.10. The van der Waals surface area contributed by atoms with Gasteiger partial charge in [0, 0.05) is 13.1 Å². The zero-order valence-corrected chi connectivity index (χ0v) is 18.1. The molecule has 162 valence electrons. The van der Waals surface area contributed by atoms with Crippen LogP contribution < -0.4 is 0 Å². The summed E-state index contributed by atoms with van der Waals surface area (Å²) >= 11 is 0. The predicted molar refractivity (Wildman–Crippen MR) is 108 cm³/mol. The lowest BCUT2D eigenvalue weighted by molar-refractivity contribution is 0.0443. The van der Waals surface area contributed by atoms with Crippen molar-refractivity contribution in [2.45, 2.75) is 44.6 Å². The highest BCUT2D eigenvalue weighted by Gasteiger charge is 2.28. The third kappa shape index (κ3) is 4.57. The predicted octanol–water partition coefficient (Wildman–Crippen LogP) is 3.21. The molecule has 1 fully saturated rings. The summed E-state index contributed by atoms with van der Waals surface area (Å²) in [5, 5.41) is 0. The number of ether oxygens (including phenoxy) is 2. The Hall–Kier alpha value is -2.65. The maximum Gasteiger partial charge on any atom is 0.341 e. The largest absolute Gasteiger partial charge is 0.465 e. The van der Waals surface area contributed by atoms with E-state index in [0.29, 0.717) is 24.4 Å². The molecule has 1 aromatic heterocycles. The SMILES string of the molecule is COC(=O)c1cc(COC(=O)c2ccc(C)c(S(=O)(=O)N3CCCCC3)c2)oc1C. The molecule has 1 aromatic carbocycles. The van der Waals surface area contributed by atoms with Gasteiger partial charge in [0.05, 0.1) is 17.6 Å². The maximum absolute atomic E-state index is 13.0. The van der Waals surface area contributed by atoms with Gasteiger partial charge in [-0.2, -0.15) is 4.31 Å². The minimum absolute atomic E-state index is 0.112. The first kappa shape index (κ1) is 22.0. The lowest BCUT2D eigenvalue weighted by Gasteiger charge is -2.26. The van der Waals surface area contributed by atoms with E-state index in [1.807, 2.05) is 0 Å². The Bertz CT molecular complexity index is 1050. The van der Waals surface area contributed by atoms with Gasteiger partial charge < -0.3 is 13.9 Å². The molecule has 0 atom stereocenters. The van der Waals surface area contributed by atoms with Crippen LogP contribution in [-0.4, -0.2) is 44.9 Å². The molecule has 3 rings (SSSR count). The zero-order chi connectivity index (χ0) is 21.9. The topological polar surface area (TPSA) is 103 Å². The van der Waals surface area contributed by atoms with E-state index in [1.165, 1.54) is 29.6 Å². The van der Waals surface area contributed by atoms with E-state index in [9.17, 15) is 18.0 Å². The number of piperidine rings is 1. The molecule has 2 heterocycles. The van der Waals surface area contributed by atoms with Gasteiger partial charge in [0.1, 0.15) is 23.7 Å². The quantitative estimate of drug-likeness (QED) is 0.642. The highest BCUT2D eigenvalue weighted by molar-refractivity contribution is 7.89. The first-order chi connectivity index (χ1) is 14.2. The van der Waals surface area contributed by atoms with Crippen LogP contribution in [0.1, 0.15) is 57.1 Å². The van der Waals surface area contributed by atoms with Gasteiger partial charge in [-0.25, -0.2) is 18.0 Å². The molecule has 0 bridgehead atoms. The second kappa shape index (κ2) is 9.01. The fourth-order valence-electron chi connectivity index (χ4n) is 3.40. The Kier molecular flexibility index (Phi) is 6.62. The van der Waals surface area contributed by atoms with Crippen molar-refractivity contribution in [2.75, 3.05) is 20.2 Å². The first-order valence-corrected chi connectivity index (χ1v) is 11.1. The molecule has 8 nitrogen and oxygen atoms in total. The lowest BCUT2D eigenvalue weighted by Crippen LogP contribution is -2.36. The number of hydrogen-bond donors (Lipinski definition) is 0. The molecule has 0 saturated carbocycles. The molecule has 1 aliphatic rings. The van der Waals surface area contributed by atoms with Gasteiger partial charge in [-0.05, 0) is 50.5 Å². The van der Waals surface area contributed by atoms with Crippen molar-refractivity contribution >= 4 is 22.0 Å². The third-order valence-electron chi connectivity index (χ3n) is 5.08. The van der Waals surface area contributed by atoms with Crippen molar-refractivity contribution in [3.05, 3.63) is 52.5 Å². The van der Waals surface area contributed by atoms with Crippen LogP contribution in [0.3, 0.4) is 0 Å². The van der Waals surface area contributed by atoms with Crippen LogP contribution in [0.15, 0.2) is 33.6 Å². The van der Waals surface area contributed by atoms with E-state index in [1.54, 1.807) is 19.9 Å². The van der Waals surface area contributed by atoms with Crippen LogP contribution in [-0.2, 0) is 26.1 Å². The number of aryl methyl sites for hydroxylation is 2. The number of methoxy groups -OCH3 is 1. The monoisotopic (exact) mass is 435 g/mol. The number of furan rings is 1. The van der Waals surface area contributed by atoms with Crippen molar-refractivity contribution in [1.29, 1.82) is 0 Å². The molecule has 0 spiro atoms. The molecule has 1 saturated heterocycles. The normalized spacial score (nSPS) is 15.0. The summed E-state index contributed by atoms with van der Waals surface area (Å²) in [6, 6.07) is 5.94. The summed E-state index contributed by atoms with van der Waals surface area (Å²) in [7, 11) is -2.41. The molecular formula is C21H25NO7S. The van der Waals surface area contributed by atoms with Crippen LogP contribution in [0, 0.1) is 13.8 Å². The summed E-state index contributed by atoms with van der Waals surface area (Å²) in [4.78, 5) is 24.3. The highest BCUT2D eigenvalue weighted by Crippen LogP contribution is 2.25. The molecular weight excluding hydrogens is 410 g/mol. The molecule has 9 heteroatoms. The molecule has 0 N–H and O–H groups in total. The van der Waals surface area contributed by atoms with E-state index in [4.69, 9.17) is 9.15 Å². The fraction of sp³-hybridized carbons (Fsp3) is 0.429. The van der Waals surface area contributed by atoms with Gasteiger partial charge in [-0.15, -0.1) is 0 Å². The Labute approximate surface area is 175 Å². The van der Waals surface area contributed by atoms with Crippen LogP contribution >= 0.6 is 0 Å². The van der Waals surface area contributed by atoms with Crippen LogP contribution in [0.4, 0.5) is 0 Å². The number of carbonyl (C=O) groups is 2. The van der Waals surface area contributed by atoms with Crippen LogP contribution in [0.2, 0.25) is 0 Å². The van der Waals surface area contributed by atoms with Crippen LogP contribution in [0.5, 0.6) is 0 Å². The van der Waals surface area contributed by atoms with Gasteiger partial charge in [0.2, 0.25) is 10.0 Å². The summed E-state index contributed by atoms with van der Waals surface area (Å²) in [5.41, 5.74) is 0.961. The van der Waals surface area contributed by atoms with Gasteiger partial charge in [-0.3, -0.25) is 0 Å². The van der Waals surface area contributed by atoms with Gasteiger partial charge in [-0.1, -0.05) is 12.5 Å². The minimum atomic E-state index is -3.67. The van der Waals surface area contributed by atoms with E-state index >= 15 is 0 Å².